The number of nitrogens with one attached hydrogen (secondary N) is 1. The van der Waals surface area contributed by atoms with Crippen molar-refractivity contribution in [2.45, 2.75) is 19.5 Å². The summed E-state index contributed by atoms with van der Waals surface area (Å²) in [5, 5.41) is 2.46. The van der Waals surface area contributed by atoms with E-state index in [1.54, 1.807) is 0 Å². The van der Waals surface area contributed by atoms with Crippen molar-refractivity contribution in [2.75, 3.05) is 11.9 Å². The Hall–Kier alpha value is -1.04. The lowest BCUT2D eigenvalue weighted by Crippen LogP contribution is -2.12. The molecule has 1 N–H and O–H groups in total. The van der Waals surface area contributed by atoms with Gasteiger partial charge in [0.05, 0.1) is 0 Å². The molecule has 1 fully saturated rings. The minimum Gasteiger partial charge on any atom is -0.370 e. The van der Waals surface area contributed by atoms with E-state index >= 15 is 0 Å². The molecule has 0 aromatic carbocycles. The predicted octanol–water partition coefficient (Wildman–Crippen LogP) is 3.22. The molecule has 0 radical (unpaired) electrons. The summed E-state index contributed by atoms with van der Waals surface area (Å²) in [4.78, 5) is 6.87. The Kier molecular flexibility index (Phi) is 3.16. The van der Waals surface area contributed by atoms with Gasteiger partial charge in [-0.25, -0.2) is 9.97 Å². The summed E-state index contributed by atoms with van der Waals surface area (Å²) < 4.78 is 37.3. The van der Waals surface area contributed by atoms with Gasteiger partial charge in [0.2, 0.25) is 5.28 Å². The zero-order valence-electron chi connectivity index (χ0n) is 9.05. The van der Waals surface area contributed by atoms with Crippen LogP contribution in [0.1, 0.15) is 19.0 Å². The van der Waals surface area contributed by atoms with Crippen LogP contribution in [0.25, 0.3) is 0 Å². The number of hydrogen-bond donors (Lipinski definition) is 1. The monoisotopic (exact) mass is 265 g/mol. The van der Waals surface area contributed by atoms with Crippen LogP contribution in [-0.2, 0) is 6.18 Å². The highest BCUT2D eigenvalue weighted by atomic mass is 35.5. The van der Waals surface area contributed by atoms with Gasteiger partial charge in [0.15, 0.2) is 5.69 Å². The molecule has 2 atom stereocenters. The van der Waals surface area contributed by atoms with Crippen molar-refractivity contribution in [2.24, 2.45) is 11.8 Å². The van der Waals surface area contributed by atoms with Crippen LogP contribution in [0.5, 0.6) is 0 Å². The van der Waals surface area contributed by atoms with E-state index in [-0.39, 0.29) is 5.82 Å². The summed E-state index contributed by atoms with van der Waals surface area (Å²) in [5.74, 6) is 1.26. The Balaban J connectivity index is 2.08. The third-order valence-corrected chi connectivity index (χ3v) is 2.98. The van der Waals surface area contributed by atoms with E-state index in [1.807, 2.05) is 0 Å². The van der Waals surface area contributed by atoms with Gasteiger partial charge in [-0.05, 0) is 29.9 Å². The highest BCUT2D eigenvalue weighted by molar-refractivity contribution is 6.28. The maximum absolute atomic E-state index is 12.4. The lowest BCUT2D eigenvalue weighted by molar-refractivity contribution is -0.141. The van der Waals surface area contributed by atoms with Crippen molar-refractivity contribution >= 4 is 17.4 Å². The van der Waals surface area contributed by atoms with Gasteiger partial charge in [0.1, 0.15) is 5.82 Å². The first-order chi connectivity index (χ1) is 7.86. The third kappa shape index (κ3) is 3.21. The minimum absolute atomic E-state index is 0.122. The Morgan fingerprint density at radius 3 is 2.65 bits per heavy atom. The number of aromatic nitrogens is 2. The average molecular weight is 266 g/mol. The smallest absolute Gasteiger partial charge is 0.370 e. The number of hydrogen-bond acceptors (Lipinski definition) is 3. The molecular formula is C10H11ClF3N3. The first-order valence-corrected chi connectivity index (χ1v) is 5.59. The number of alkyl halides is 3. The quantitative estimate of drug-likeness (QED) is 0.853. The van der Waals surface area contributed by atoms with Crippen LogP contribution in [0, 0.1) is 11.8 Å². The van der Waals surface area contributed by atoms with E-state index in [2.05, 4.69) is 22.2 Å². The minimum atomic E-state index is -4.50. The van der Waals surface area contributed by atoms with Crippen molar-refractivity contribution in [3.63, 3.8) is 0 Å². The van der Waals surface area contributed by atoms with E-state index in [4.69, 9.17) is 11.6 Å². The van der Waals surface area contributed by atoms with E-state index in [0.29, 0.717) is 18.4 Å². The molecule has 7 heteroatoms. The van der Waals surface area contributed by atoms with Crippen LogP contribution in [0.3, 0.4) is 0 Å². The summed E-state index contributed by atoms with van der Waals surface area (Å²) >= 11 is 5.45. The van der Waals surface area contributed by atoms with Crippen LogP contribution in [-0.4, -0.2) is 16.5 Å². The van der Waals surface area contributed by atoms with Gasteiger partial charge in [0, 0.05) is 12.6 Å². The molecule has 1 heterocycles. The molecule has 1 aliphatic carbocycles. The maximum atomic E-state index is 12.4. The normalized spacial score (nSPS) is 23.6. The molecule has 1 aromatic heterocycles. The van der Waals surface area contributed by atoms with Crippen LogP contribution < -0.4 is 5.32 Å². The molecular weight excluding hydrogens is 255 g/mol. The second kappa shape index (κ2) is 4.33. The van der Waals surface area contributed by atoms with Crippen LogP contribution >= 0.6 is 11.6 Å². The van der Waals surface area contributed by atoms with Gasteiger partial charge < -0.3 is 5.32 Å². The molecule has 0 amide bonds. The Morgan fingerprint density at radius 1 is 1.47 bits per heavy atom. The number of nitrogens with zero attached hydrogens (tertiary/aromatic N) is 2. The molecule has 0 spiro atoms. The fraction of sp³-hybridized carbons (Fsp3) is 0.600. The SMILES string of the molecule is CC1CC1CNc1cc(C(F)(F)F)nc(Cl)n1. The van der Waals surface area contributed by atoms with Crippen molar-refractivity contribution < 1.29 is 13.2 Å². The Bertz CT molecular complexity index is 422. The molecule has 1 saturated carbocycles. The summed E-state index contributed by atoms with van der Waals surface area (Å²) in [6.45, 7) is 2.71. The molecule has 0 bridgehead atoms. The van der Waals surface area contributed by atoms with Gasteiger partial charge in [-0.3, -0.25) is 0 Å². The van der Waals surface area contributed by atoms with Gasteiger partial charge in [-0.2, -0.15) is 13.2 Å². The zero-order valence-corrected chi connectivity index (χ0v) is 9.81. The van der Waals surface area contributed by atoms with Gasteiger partial charge in [-0.15, -0.1) is 0 Å². The van der Waals surface area contributed by atoms with Gasteiger partial charge in [-0.1, -0.05) is 6.92 Å². The average Bonchev–Trinajstić information content (AvgIpc) is 2.90. The van der Waals surface area contributed by atoms with Gasteiger partial charge in [0.25, 0.3) is 0 Å². The van der Waals surface area contributed by atoms with Crippen molar-refractivity contribution in [3.05, 3.63) is 17.0 Å². The molecule has 3 nitrogen and oxygen atoms in total. The molecule has 1 aromatic rings. The second-order valence-electron chi connectivity index (χ2n) is 4.26. The van der Waals surface area contributed by atoms with Gasteiger partial charge >= 0.3 is 6.18 Å². The maximum Gasteiger partial charge on any atom is 0.433 e. The molecule has 0 aliphatic heterocycles. The molecule has 1 aliphatic rings. The Labute approximate surface area is 101 Å². The lowest BCUT2D eigenvalue weighted by atomic mass is 10.3. The predicted molar refractivity (Wildman–Crippen MR) is 57.8 cm³/mol. The lowest BCUT2D eigenvalue weighted by Gasteiger charge is -2.09. The van der Waals surface area contributed by atoms with Crippen molar-refractivity contribution in [1.82, 2.24) is 9.97 Å². The van der Waals surface area contributed by atoms with Crippen LogP contribution in [0.2, 0.25) is 5.28 Å². The van der Waals surface area contributed by atoms with E-state index < -0.39 is 17.2 Å². The molecule has 17 heavy (non-hydrogen) atoms. The molecule has 2 unspecified atom stereocenters. The topological polar surface area (TPSA) is 37.8 Å². The van der Waals surface area contributed by atoms with E-state index in [0.717, 1.165) is 12.5 Å². The summed E-state index contributed by atoms with van der Waals surface area (Å²) in [5.41, 5.74) is -1.02. The van der Waals surface area contributed by atoms with E-state index in [1.165, 1.54) is 0 Å². The molecule has 94 valence electrons. The first kappa shape index (κ1) is 12.4. The third-order valence-electron chi connectivity index (χ3n) is 2.81. The zero-order chi connectivity index (χ0) is 12.6. The molecule has 0 saturated heterocycles. The second-order valence-corrected chi connectivity index (χ2v) is 4.60. The largest absolute Gasteiger partial charge is 0.433 e. The fourth-order valence-corrected chi connectivity index (χ4v) is 1.75. The number of anilines is 1. The molecule has 2 rings (SSSR count). The van der Waals surface area contributed by atoms with Crippen LogP contribution in [0.15, 0.2) is 6.07 Å². The summed E-state index contributed by atoms with van der Waals surface area (Å²) in [6, 6.07) is 0.874. The van der Waals surface area contributed by atoms with Crippen LogP contribution in [0.4, 0.5) is 19.0 Å². The summed E-state index contributed by atoms with van der Waals surface area (Å²) in [7, 11) is 0. The Morgan fingerprint density at radius 2 is 2.12 bits per heavy atom. The van der Waals surface area contributed by atoms with Crippen molar-refractivity contribution in [3.8, 4) is 0 Å². The standard InChI is InChI=1S/C10H11ClF3N3/c1-5-2-6(5)4-15-8-3-7(10(12,13)14)16-9(11)17-8/h3,5-6H,2,4H2,1H3,(H,15,16,17). The fourth-order valence-electron chi connectivity index (χ4n) is 1.57. The number of rotatable bonds is 3. The highest BCUT2D eigenvalue weighted by Crippen LogP contribution is 2.37. The first-order valence-electron chi connectivity index (χ1n) is 5.22. The van der Waals surface area contributed by atoms with E-state index in [9.17, 15) is 13.2 Å². The number of halogens is 4. The summed E-state index contributed by atoms with van der Waals surface area (Å²) in [6.07, 6.45) is -3.41. The van der Waals surface area contributed by atoms with Crippen molar-refractivity contribution in [1.29, 1.82) is 0 Å². The highest BCUT2D eigenvalue weighted by Gasteiger charge is 2.34.